The van der Waals surface area contributed by atoms with Gasteiger partial charge in [-0.2, -0.15) is 0 Å². The summed E-state index contributed by atoms with van der Waals surface area (Å²) in [6.45, 7) is 0. The minimum Gasteiger partial charge on any atom is -0.328 e. The van der Waals surface area contributed by atoms with Crippen LogP contribution in [0.25, 0.3) is 6.08 Å². The molecule has 0 atom stereocenters. The number of hydrogen-bond donors (Lipinski definition) is 1. The summed E-state index contributed by atoms with van der Waals surface area (Å²) in [6.07, 6.45) is 10.5. The van der Waals surface area contributed by atoms with E-state index < -0.39 is 0 Å². The molecule has 1 aromatic heterocycles. The Balaban J connectivity index is 0.00000112. The number of rotatable bonds is 1. The van der Waals surface area contributed by atoms with Gasteiger partial charge in [0.15, 0.2) is 0 Å². The number of nitrogens with two attached hydrogens (primary N) is 1. The van der Waals surface area contributed by atoms with Gasteiger partial charge >= 0.3 is 0 Å². The molecular formula is C12H18Cl2N2. The molecule has 2 nitrogen and oxygen atoms in total. The molecule has 1 aromatic rings. The van der Waals surface area contributed by atoms with Gasteiger partial charge in [0.2, 0.25) is 0 Å². The first-order chi connectivity index (χ1) is 6.84. The number of hydrogen-bond acceptors (Lipinski definition) is 2. The van der Waals surface area contributed by atoms with Crippen molar-refractivity contribution in [1.29, 1.82) is 0 Å². The second-order valence-electron chi connectivity index (χ2n) is 3.93. The van der Waals surface area contributed by atoms with Gasteiger partial charge < -0.3 is 5.73 Å². The normalized spacial score (nSPS) is 19.3. The summed E-state index contributed by atoms with van der Waals surface area (Å²) in [5, 5.41) is 0. The Morgan fingerprint density at radius 1 is 1.25 bits per heavy atom. The maximum absolute atomic E-state index is 5.85. The van der Waals surface area contributed by atoms with Crippen molar-refractivity contribution in [2.24, 2.45) is 5.73 Å². The van der Waals surface area contributed by atoms with Gasteiger partial charge in [0.1, 0.15) is 0 Å². The first-order valence-corrected chi connectivity index (χ1v) is 5.19. The molecule has 0 spiro atoms. The Morgan fingerprint density at radius 3 is 2.50 bits per heavy atom. The fourth-order valence-corrected chi connectivity index (χ4v) is 1.85. The zero-order valence-electron chi connectivity index (χ0n) is 9.13. The first-order valence-electron chi connectivity index (χ1n) is 5.19. The molecular weight excluding hydrogens is 243 g/mol. The Hall–Kier alpha value is -0.570. The van der Waals surface area contributed by atoms with Crippen molar-refractivity contribution in [3.8, 4) is 0 Å². The molecule has 1 aliphatic rings. The van der Waals surface area contributed by atoms with Crippen molar-refractivity contribution < 1.29 is 0 Å². The molecule has 1 saturated carbocycles. The Labute approximate surface area is 109 Å². The molecule has 0 radical (unpaired) electrons. The molecule has 0 bridgehead atoms. The zero-order chi connectivity index (χ0) is 9.80. The highest BCUT2D eigenvalue weighted by Gasteiger charge is 2.11. The van der Waals surface area contributed by atoms with Gasteiger partial charge in [-0.3, -0.25) is 4.98 Å². The van der Waals surface area contributed by atoms with Crippen LogP contribution in [0.3, 0.4) is 0 Å². The highest BCUT2D eigenvalue weighted by Crippen LogP contribution is 2.24. The van der Waals surface area contributed by atoms with Gasteiger partial charge in [-0.25, -0.2) is 0 Å². The van der Waals surface area contributed by atoms with E-state index >= 15 is 0 Å². The first kappa shape index (κ1) is 15.4. The maximum atomic E-state index is 5.85. The zero-order valence-corrected chi connectivity index (χ0v) is 10.8. The summed E-state index contributed by atoms with van der Waals surface area (Å²) in [5.41, 5.74) is 8.57. The van der Waals surface area contributed by atoms with Crippen LogP contribution in [0.5, 0.6) is 0 Å². The predicted octanol–water partition coefficient (Wildman–Crippen LogP) is 3.21. The highest BCUT2D eigenvalue weighted by atomic mass is 35.5. The predicted molar refractivity (Wildman–Crippen MR) is 73.2 cm³/mol. The van der Waals surface area contributed by atoms with Crippen molar-refractivity contribution >= 4 is 30.9 Å². The van der Waals surface area contributed by atoms with Crippen LogP contribution >= 0.6 is 24.8 Å². The van der Waals surface area contributed by atoms with E-state index in [2.05, 4.69) is 17.1 Å². The number of halogens is 2. The fraction of sp³-hybridized carbons (Fsp3) is 0.417. The molecule has 2 N–H and O–H groups in total. The Kier molecular flexibility index (Phi) is 7.39. The van der Waals surface area contributed by atoms with Gasteiger partial charge in [0, 0.05) is 18.4 Å². The number of pyridine rings is 1. The van der Waals surface area contributed by atoms with E-state index in [4.69, 9.17) is 5.73 Å². The monoisotopic (exact) mass is 260 g/mol. The SMILES string of the molecule is Cl.Cl.NC1CCC(=Cc2cccnc2)CC1. The summed E-state index contributed by atoms with van der Waals surface area (Å²) in [7, 11) is 0. The molecule has 0 saturated heterocycles. The highest BCUT2D eigenvalue weighted by molar-refractivity contribution is 5.85. The molecule has 0 amide bonds. The lowest BCUT2D eigenvalue weighted by Crippen LogP contribution is -2.23. The van der Waals surface area contributed by atoms with Gasteiger partial charge in [0.05, 0.1) is 0 Å². The standard InChI is InChI=1S/C12H16N2.2ClH/c13-12-5-3-10(4-6-12)8-11-2-1-7-14-9-11;;/h1-2,7-9,12H,3-6,13H2;2*1H. The molecule has 1 fully saturated rings. The van der Waals surface area contributed by atoms with Crippen LogP contribution in [0.15, 0.2) is 30.1 Å². The van der Waals surface area contributed by atoms with Crippen LogP contribution in [-0.4, -0.2) is 11.0 Å². The molecule has 1 aliphatic carbocycles. The van der Waals surface area contributed by atoms with Gasteiger partial charge in [-0.15, -0.1) is 24.8 Å². The summed E-state index contributed by atoms with van der Waals surface area (Å²) < 4.78 is 0. The minimum absolute atomic E-state index is 0. The summed E-state index contributed by atoms with van der Waals surface area (Å²) in [4.78, 5) is 4.10. The molecule has 0 unspecified atom stereocenters. The summed E-state index contributed by atoms with van der Waals surface area (Å²) >= 11 is 0. The van der Waals surface area contributed by atoms with E-state index in [-0.39, 0.29) is 24.8 Å². The van der Waals surface area contributed by atoms with E-state index in [1.165, 1.54) is 11.1 Å². The second kappa shape index (κ2) is 7.66. The number of nitrogens with zero attached hydrogens (tertiary/aromatic N) is 1. The van der Waals surface area contributed by atoms with E-state index in [0.29, 0.717) is 6.04 Å². The Morgan fingerprint density at radius 2 is 1.94 bits per heavy atom. The van der Waals surface area contributed by atoms with E-state index in [1.807, 2.05) is 12.3 Å². The van der Waals surface area contributed by atoms with E-state index in [9.17, 15) is 0 Å². The van der Waals surface area contributed by atoms with Crippen molar-refractivity contribution in [3.63, 3.8) is 0 Å². The van der Waals surface area contributed by atoms with Crippen molar-refractivity contribution in [2.75, 3.05) is 0 Å². The molecule has 0 aliphatic heterocycles. The summed E-state index contributed by atoms with van der Waals surface area (Å²) in [5.74, 6) is 0. The number of aromatic nitrogens is 1. The Bertz CT molecular complexity index is 315. The molecule has 1 heterocycles. The minimum atomic E-state index is 0. The molecule has 4 heteroatoms. The average Bonchev–Trinajstić information content (AvgIpc) is 2.23. The third-order valence-electron chi connectivity index (χ3n) is 2.73. The van der Waals surface area contributed by atoms with Crippen LogP contribution in [0.2, 0.25) is 0 Å². The van der Waals surface area contributed by atoms with Gasteiger partial charge in [-0.1, -0.05) is 17.7 Å². The van der Waals surface area contributed by atoms with Gasteiger partial charge in [-0.05, 0) is 37.3 Å². The molecule has 2 rings (SSSR count). The smallest absolute Gasteiger partial charge is 0.0340 e. The third kappa shape index (κ3) is 4.52. The lowest BCUT2D eigenvalue weighted by molar-refractivity contribution is 0.514. The molecule has 0 aromatic carbocycles. The van der Waals surface area contributed by atoms with E-state index in [1.54, 1.807) is 6.20 Å². The second-order valence-corrected chi connectivity index (χ2v) is 3.93. The topological polar surface area (TPSA) is 38.9 Å². The van der Waals surface area contributed by atoms with Crippen LogP contribution in [-0.2, 0) is 0 Å². The van der Waals surface area contributed by atoms with Crippen LogP contribution < -0.4 is 5.73 Å². The third-order valence-corrected chi connectivity index (χ3v) is 2.73. The van der Waals surface area contributed by atoms with Gasteiger partial charge in [0.25, 0.3) is 0 Å². The maximum Gasteiger partial charge on any atom is 0.0340 e. The van der Waals surface area contributed by atoms with Crippen LogP contribution in [0, 0.1) is 0 Å². The fourth-order valence-electron chi connectivity index (χ4n) is 1.85. The average molecular weight is 261 g/mol. The molecule has 90 valence electrons. The summed E-state index contributed by atoms with van der Waals surface area (Å²) in [6, 6.07) is 4.48. The van der Waals surface area contributed by atoms with E-state index in [0.717, 1.165) is 25.7 Å². The van der Waals surface area contributed by atoms with Crippen molar-refractivity contribution in [3.05, 3.63) is 35.7 Å². The van der Waals surface area contributed by atoms with Crippen LogP contribution in [0.4, 0.5) is 0 Å². The lowest BCUT2D eigenvalue weighted by atomic mass is 9.90. The van der Waals surface area contributed by atoms with Crippen molar-refractivity contribution in [1.82, 2.24) is 4.98 Å². The number of allylic oxidation sites excluding steroid dienone is 1. The van der Waals surface area contributed by atoms with Crippen LogP contribution in [0.1, 0.15) is 31.2 Å². The lowest BCUT2D eigenvalue weighted by Gasteiger charge is -2.19. The van der Waals surface area contributed by atoms with Crippen molar-refractivity contribution in [2.45, 2.75) is 31.7 Å². The quantitative estimate of drug-likeness (QED) is 0.843. The largest absolute Gasteiger partial charge is 0.328 e. The molecule has 16 heavy (non-hydrogen) atoms.